The first-order valence-electron chi connectivity index (χ1n) is 8.01. The van der Waals surface area contributed by atoms with E-state index in [0.717, 1.165) is 0 Å². The number of amides is 1. The van der Waals surface area contributed by atoms with E-state index in [1.807, 2.05) is 0 Å². The molecule has 138 valence electrons. The fraction of sp³-hybridized carbons (Fsp3) is 0.100. The van der Waals surface area contributed by atoms with Gasteiger partial charge in [-0.15, -0.1) is 6.58 Å². The number of benzene rings is 2. The lowest BCUT2D eigenvalue weighted by atomic mass is 10.1. The van der Waals surface area contributed by atoms with Crippen molar-refractivity contribution in [2.75, 3.05) is 6.54 Å². The Bertz CT molecular complexity index is 945. The Morgan fingerprint density at radius 2 is 2.07 bits per heavy atom. The zero-order valence-corrected chi connectivity index (χ0v) is 16.5. The molecule has 1 aliphatic rings. The molecule has 0 aromatic heterocycles. The number of hydrogen-bond donors (Lipinski definition) is 0. The molecule has 1 heterocycles. The summed E-state index contributed by atoms with van der Waals surface area (Å²) in [5.74, 6) is -0.0279. The number of halogens is 2. The maximum Gasteiger partial charge on any atom is 0.266 e. The van der Waals surface area contributed by atoms with Crippen molar-refractivity contribution < 1.29 is 13.9 Å². The summed E-state index contributed by atoms with van der Waals surface area (Å²) in [6.45, 7) is 4.06. The van der Waals surface area contributed by atoms with Crippen LogP contribution in [0.2, 0.25) is 5.02 Å². The Morgan fingerprint density at radius 3 is 2.81 bits per heavy atom. The Kier molecular flexibility index (Phi) is 6.31. The van der Waals surface area contributed by atoms with Crippen molar-refractivity contribution in [3.05, 3.63) is 82.0 Å². The Balaban J connectivity index is 1.86. The molecule has 1 saturated heterocycles. The summed E-state index contributed by atoms with van der Waals surface area (Å²) in [7, 11) is 0. The molecule has 0 bridgehead atoms. The number of carbonyl (C=O) groups excluding carboxylic acids is 1. The van der Waals surface area contributed by atoms with Gasteiger partial charge < -0.3 is 4.74 Å². The third-order valence-electron chi connectivity index (χ3n) is 3.78. The maximum absolute atomic E-state index is 13.8. The molecule has 0 spiro atoms. The van der Waals surface area contributed by atoms with E-state index in [9.17, 15) is 9.18 Å². The average Bonchev–Trinajstić information content (AvgIpc) is 2.90. The van der Waals surface area contributed by atoms with Crippen LogP contribution in [0.3, 0.4) is 0 Å². The molecule has 1 aliphatic heterocycles. The van der Waals surface area contributed by atoms with Crippen LogP contribution in [0.15, 0.2) is 60.0 Å². The zero-order chi connectivity index (χ0) is 19.4. The molecule has 1 fully saturated rings. The van der Waals surface area contributed by atoms with Crippen molar-refractivity contribution in [1.82, 2.24) is 4.90 Å². The van der Waals surface area contributed by atoms with Gasteiger partial charge in [-0.25, -0.2) is 4.39 Å². The summed E-state index contributed by atoms with van der Waals surface area (Å²) >= 11 is 12.6. The second-order valence-corrected chi connectivity index (χ2v) is 7.76. The van der Waals surface area contributed by atoms with E-state index in [4.69, 9.17) is 28.6 Å². The molecule has 3 rings (SSSR count). The Hall–Kier alpha value is -2.15. The molecule has 1 amide bonds. The van der Waals surface area contributed by atoms with E-state index < -0.39 is 0 Å². The summed E-state index contributed by atoms with van der Waals surface area (Å²) in [6, 6.07) is 11.5. The predicted octanol–water partition coefficient (Wildman–Crippen LogP) is 5.45. The van der Waals surface area contributed by atoms with Gasteiger partial charge in [0.25, 0.3) is 5.91 Å². The molecular formula is C20H15ClFNO2S2. The van der Waals surface area contributed by atoms with Crippen molar-refractivity contribution in [1.29, 1.82) is 0 Å². The van der Waals surface area contributed by atoms with Crippen LogP contribution >= 0.6 is 35.6 Å². The van der Waals surface area contributed by atoms with Gasteiger partial charge in [0.2, 0.25) is 0 Å². The van der Waals surface area contributed by atoms with E-state index >= 15 is 0 Å². The lowest BCUT2D eigenvalue weighted by Gasteiger charge is -2.11. The minimum Gasteiger partial charge on any atom is -0.488 e. The minimum atomic E-state index is -0.335. The van der Waals surface area contributed by atoms with E-state index in [0.29, 0.717) is 37.7 Å². The van der Waals surface area contributed by atoms with Crippen LogP contribution in [0.1, 0.15) is 11.1 Å². The van der Waals surface area contributed by atoms with Gasteiger partial charge in [-0.3, -0.25) is 9.69 Å². The first kappa shape index (κ1) is 19.6. The van der Waals surface area contributed by atoms with Crippen LogP contribution in [-0.2, 0) is 11.4 Å². The van der Waals surface area contributed by atoms with E-state index in [1.54, 1.807) is 48.6 Å². The summed E-state index contributed by atoms with van der Waals surface area (Å²) in [5, 5.41) is 0.501. The number of carbonyl (C=O) groups is 1. The monoisotopic (exact) mass is 419 g/mol. The number of thioether (sulfide) groups is 1. The largest absolute Gasteiger partial charge is 0.488 e. The first-order valence-corrected chi connectivity index (χ1v) is 9.62. The highest BCUT2D eigenvalue weighted by molar-refractivity contribution is 8.26. The van der Waals surface area contributed by atoms with Gasteiger partial charge in [0.15, 0.2) is 0 Å². The number of rotatable bonds is 6. The van der Waals surface area contributed by atoms with Crippen LogP contribution in [0.5, 0.6) is 5.75 Å². The molecule has 3 nitrogen and oxygen atoms in total. The normalized spacial score (nSPS) is 15.5. The molecule has 0 radical (unpaired) electrons. The van der Waals surface area contributed by atoms with Gasteiger partial charge >= 0.3 is 0 Å². The number of nitrogens with zero attached hydrogens (tertiary/aromatic N) is 1. The summed E-state index contributed by atoms with van der Waals surface area (Å²) in [4.78, 5) is 14.5. The van der Waals surface area contributed by atoms with Crippen molar-refractivity contribution in [3.8, 4) is 5.75 Å². The fourth-order valence-electron chi connectivity index (χ4n) is 2.46. The third-order valence-corrected chi connectivity index (χ3v) is 5.40. The summed E-state index contributed by atoms with van der Waals surface area (Å²) < 4.78 is 20.1. The standard InChI is InChI=1S/C20H15ClFNO2S2/c1-2-9-23-19(24)18(27-20(23)26)11-14-10-15(21)7-8-17(14)25-12-13-5-3-4-6-16(13)22/h2-8,10-11H,1,9,12H2/b18-11+. The Labute approximate surface area is 171 Å². The smallest absolute Gasteiger partial charge is 0.266 e. The highest BCUT2D eigenvalue weighted by Gasteiger charge is 2.31. The highest BCUT2D eigenvalue weighted by atomic mass is 35.5. The van der Waals surface area contributed by atoms with E-state index in [-0.39, 0.29) is 18.3 Å². The van der Waals surface area contributed by atoms with Crippen LogP contribution in [-0.4, -0.2) is 21.7 Å². The fourth-order valence-corrected chi connectivity index (χ4v) is 3.91. The molecule has 7 heteroatoms. The van der Waals surface area contributed by atoms with Gasteiger partial charge in [-0.2, -0.15) is 0 Å². The summed E-state index contributed by atoms with van der Waals surface area (Å²) in [5.41, 5.74) is 1.06. The third kappa shape index (κ3) is 4.58. The molecule has 0 saturated carbocycles. The van der Waals surface area contributed by atoms with E-state index in [2.05, 4.69) is 6.58 Å². The predicted molar refractivity (Wildman–Crippen MR) is 112 cm³/mol. The Morgan fingerprint density at radius 1 is 1.30 bits per heavy atom. The van der Waals surface area contributed by atoms with Gasteiger partial charge in [-0.05, 0) is 30.3 Å². The molecular weight excluding hydrogens is 405 g/mol. The van der Waals surface area contributed by atoms with Crippen LogP contribution < -0.4 is 4.74 Å². The first-order chi connectivity index (χ1) is 13.0. The molecule has 27 heavy (non-hydrogen) atoms. The van der Waals surface area contributed by atoms with Crippen molar-refractivity contribution in [3.63, 3.8) is 0 Å². The molecule has 0 unspecified atom stereocenters. The van der Waals surface area contributed by atoms with Crippen molar-refractivity contribution >= 4 is 51.9 Å². The minimum absolute atomic E-state index is 0.0621. The van der Waals surface area contributed by atoms with Gasteiger partial charge in [0, 0.05) is 22.7 Å². The van der Waals surface area contributed by atoms with Gasteiger partial charge in [-0.1, -0.05) is 59.9 Å². The topological polar surface area (TPSA) is 29.5 Å². The number of ether oxygens (including phenoxy) is 1. The lowest BCUT2D eigenvalue weighted by Crippen LogP contribution is -2.27. The quantitative estimate of drug-likeness (QED) is 0.354. The number of hydrogen-bond acceptors (Lipinski definition) is 4. The lowest BCUT2D eigenvalue weighted by molar-refractivity contribution is -0.121. The van der Waals surface area contributed by atoms with Crippen LogP contribution in [0.4, 0.5) is 4.39 Å². The average molecular weight is 420 g/mol. The summed E-state index contributed by atoms with van der Waals surface area (Å²) in [6.07, 6.45) is 3.31. The maximum atomic E-state index is 13.8. The van der Waals surface area contributed by atoms with Crippen LogP contribution in [0.25, 0.3) is 6.08 Å². The number of thiocarbonyl (C=S) groups is 1. The molecule has 2 aromatic carbocycles. The van der Waals surface area contributed by atoms with Crippen molar-refractivity contribution in [2.24, 2.45) is 0 Å². The highest BCUT2D eigenvalue weighted by Crippen LogP contribution is 2.35. The molecule has 2 aromatic rings. The molecule has 0 aliphatic carbocycles. The van der Waals surface area contributed by atoms with Crippen molar-refractivity contribution in [2.45, 2.75) is 6.61 Å². The van der Waals surface area contributed by atoms with Gasteiger partial charge in [0.05, 0.1) is 4.91 Å². The SMILES string of the molecule is C=CCN1C(=O)/C(=C\c2cc(Cl)ccc2OCc2ccccc2F)SC1=S. The van der Waals surface area contributed by atoms with Gasteiger partial charge in [0.1, 0.15) is 22.5 Å². The molecule has 0 N–H and O–H groups in total. The van der Waals surface area contributed by atoms with Crippen LogP contribution in [0, 0.1) is 5.82 Å². The molecule has 0 atom stereocenters. The second-order valence-electron chi connectivity index (χ2n) is 5.64. The second kappa shape index (κ2) is 8.69. The zero-order valence-electron chi connectivity index (χ0n) is 14.2. The van der Waals surface area contributed by atoms with E-state index in [1.165, 1.54) is 22.7 Å².